The number of H-pyrrole nitrogens is 2. The van der Waals surface area contributed by atoms with Crippen LogP contribution in [0.5, 0.6) is 0 Å². The van der Waals surface area contributed by atoms with Gasteiger partial charge in [-0.2, -0.15) is 0 Å². The maximum Gasteiger partial charge on any atom is 0.512 e. The van der Waals surface area contributed by atoms with E-state index >= 15 is 0 Å². The molecule has 326 valence electrons. The lowest BCUT2D eigenvalue weighted by Crippen LogP contribution is -2.41. The van der Waals surface area contributed by atoms with Crippen molar-refractivity contribution in [1.29, 1.82) is 0 Å². The number of anilines is 2. The van der Waals surface area contributed by atoms with Crippen molar-refractivity contribution in [3.8, 4) is 11.3 Å². The van der Waals surface area contributed by atoms with Gasteiger partial charge in [-0.3, -0.25) is 28.3 Å². The zero-order valence-electron chi connectivity index (χ0n) is 37.2. The minimum absolute atomic E-state index is 0.0229. The molecule has 3 aliphatic heterocycles. The van der Waals surface area contributed by atoms with E-state index in [0.29, 0.717) is 52.4 Å². The van der Waals surface area contributed by atoms with E-state index in [1.807, 2.05) is 112 Å². The molecule has 0 atom stereocenters. The number of halogens is 1. The highest BCUT2D eigenvalue weighted by Crippen LogP contribution is 2.37. The van der Waals surface area contributed by atoms with Crippen LogP contribution in [0.4, 0.5) is 11.9 Å². The summed E-state index contributed by atoms with van der Waals surface area (Å²) >= 11 is 2.20. The summed E-state index contributed by atoms with van der Waals surface area (Å²) in [4.78, 5) is 64.3. The number of aromatic amines is 2. The van der Waals surface area contributed by atoms with Crippen molar-refractivity contribution in [2.75, 3.05) is 10.6 Å². The molecule has 0 radical (unpaired) electrons. The van der Waals surface area contributed by atoms with Crippen molar-refractivity contribution in [3.05, 3.63) is 95.3 Å². The minimum atomic E-state index is -0.437. The molecule has 2 aromatic carbocycles. The molecule has 9 rings (SSSR count). The molecule has 6 N–H and O–H groups in total. The Balaban J connectivity index is 0.000000144. The minimum Gasteiger partial charge on any atom is -0.398 e. The van der Waals surface area contributed by atoms with Crippen molar-refractivity contribution < 1.29 is 18.9 Å². The van der Waals surface area contributed by atoms with E-state index in [0.717, 1.165) is 37.3 Å². The van der Waals surface area contributed by atoms with Crippen LogP contribution in [-0.2, 0) is 36.5 Å². The van der Waals surface area contributed by atoms with Gasteiger partial charge in [0.15, 0.2) is 0 Å². The van der Waals surface area contributed by atoms with E-state index in [1.165, 1.54) is 4.57 Å². The number of hydrogen-bond donors (Lipinski definition) is 6. The standard InChI is InChI=1S/C19H21N5O2.C13H16IN3O.C12H17BN2O3/c1-19(2,3)23-18-22-15-10(6-5-7-11(15)17(26)24(18)4)13-8-12-14(21-13)9-20-16(12)25;1-13(2,3)16-12-15-10-8(11(18)17(12)4)6-5-7-9(10)14;1-11(2)12(3,4)18-13(17-11)9-5-7-8(15-9)6-14-10(7)16/h5-8,21H,9H2,1-4H3,(H,20,25)(H,22,23);5-7H,1-4H3,(H,15,16);5,15H,6H2,1-4H3,(H,14,16). The zero-order chi connectivity index (χ0) is 45.3. The molecule has 3 aliphatic rings. The van der Waals surface area contributed by atoms with Gasteiger partial charge in [0.1, 0.15) is 0 Å². The molecule has 0 unspecified atom stereocenters. The first-order valence-electron chi connectivity index (χ1n) is 20.4. The van der Waals surface area contributed by atoms with E-state index in [1.54, 1.807) is 24.7 Å². The van der Waals surface area contributed by atoms with Crippen LogP contribution >= 0.6 is 22.6 Å². The molecule has 0 bridgehead atoms. The average molecular weight is 957 g/mol. The first-order valence-corrected chi connectivity index (χ1v) is 21.5. The van der Waals surface area contributed by atoms with Crippen LogP contribution in [0.15, 0.2) is 58.1 Å². The molecule has 7 heterocycles. The molecule has 0 aliphatic carbocycles. The fourth-order valence-electron chi connectivity index (χ4n) is 7.14. The number of rotatable bonds is 4. The number of benzene rings is 2. The SMILES string of the molecule is CC1(C)OB(c2cc3c([nH]2)CNC3=O)OC1(C)C.Cn1c(NC(C)(C)C)nc2c(-c3cc4c([nH]3)CNC4=O)cccc2c1=O.Cn1c(NC(C)(C)C)nc2c(I)cccc2c1=O. The highest BCUT2D eigenvalue weighted by Gasteiger charge is 2.52. The molecule has 2 amide bonds. The zero-order valence-corrected chi connectivity index (χ0v) is 39.4. The van der Waals surface area contributed by atoms with Crippen LogP contribution in [0.1, 0.15) is 101 Å². The van der Waals surface area contributed by atoms with E-state index < -0.39 is 7.12 Å². The highest BCUT2D eigenvalue weighted by molar-refractivity contribution is 14.1. The number of fused-ring (bicyclic) bond motifs is 4. The predicted molar refractivity (Wildman–Crippen MR) is 252 cm³/mol. The molecule has 0 spiro atoms. The van der Waals surface area contributed by atoms with Crippen LogP contribution in [-0.4, -0.2) is 70.3 Å². The van der Waals surface area contributed by atoms with Crippen molar-refractivity contribution in [2.45, 2.75) is 105 Å². The molecule has 6 aromatic rings. The van der Waals surface area contributed by atoms with Gasteiger partial charge in [-0.25, -0.2) is 9.97 Å². The highest BCUT2D eigenvalue weighted by atomic mass is 127. The van der Waals surface area contributed by atoms with Gasteiger partial charge in [-0.15, -0.1) is 0 Å². The molecular weight excluding hydrogens is 902 g/mol. The van der Waals surface area contributed by atoms with Crippen LogP contribution < -0.4 is 38.0 Å². The fraction of sp³-hybridized carbons (Fsp3) is 0.409. The first-order chi connectivity index (χ1) is 28.8. The van der Waals surface area contributed by atoms with Gasteiger partial charge in [0, 0.05) is 57.0 Å². The van der Waals surface area contributed by atoms with Crippen molar-refractivity contribution in [3.63, 3.8) is 0 Å². The number of para-hydroxylation sites is 2. The summed E-state index contributed by atoms with van der Waals surface area (Å²) in [6.07, 6.45) is 0. The summed E-state index contributed by atoms with van der Waals surface area (Å²) in [5.41, 5.74) is 5.66. The number of nitrogens with zero attached hydrogens (tertiary/aromatic N) is 4. The lowest BCUT2D eigenvalue weighted by Gasteiger charge is -2.32. The molecule has 1 saturated heterocycles. The Morgan fingerprint density at radius 3 is 1.65 bits per heavy atom. The molecule has 4 aromatic heterocycles. The molecule has 62 heavy (non-hydrogen) atoms. The summed E-state index contributed by atoms with van der Waals surface area (Å²) in [6.45, 7) is 21.3. The lowest BCUT2D eigenvalue weighted by atomic mass is 9.85. The summed E-state index contributed by atoms with van der Waals surface area (Å²) < 4.78 is 15.9. The summed E-state index contributed by atoms with van der Waals surface area (Å²) in [7, 11) is 3.01. The largest absolute Gasteiger partial charge is 0.512 e. The maximum absolute atomic E-state index is 12.8. The Bertz CT molecular complexity index is 2860. The quantitative estimate of drug-likeness (QED) is 0.0943. The second kappa shape index (κ2) is 16.0. The smallest absolute Gasteiger partial charge is 0.398 e. The Labute approximate surface area is 373 Å². The molecule has 1 fully saturated rings. The van der Waals surface area contributed by atoms with Gasteiger partial charge >= 0.3 is 7.12 Å². The van der Waals surface area contributed by atoms with Crippen molar-refractivity contribution in [1.82, 2.24) is 39.7 Å². The van der Waals surface area contributed by atoms with Crippen molar-refractivity contribution in [2.24, 2.45) is 14.1 Å². The molecule has 18 heteroatoms. The summed E-state index contributed by atoms with van der Waals surface area (Å²) in [5.74, 6) is 0.995. The second-order valence-electron chi connectivity index (χ2n) is 18.8. The van der Waals surface area contributed by atoms with E-state index in [4.69, 9.17) is 14.3 Å². The Morgan fingerprint density at radius 1 is 0.677 bits per heavy atom. The Morgan fingerprint density at radius 2 is 1.15 bits per heavy atom. The number of amides is 2. The molecular formula is C44H54BIN10O6. The van der Waals surface area contributed by atoms with Gasteiger partial charge in [0.2, 0.25) is 11.9 Å². The Hall–Kier alpha value is -5.47. The number of hydrogen-bond acceptors (Lipinski definition) is 10. The predicted octanol–water partition coefficient (Wildman–Crippen LogP) is 5.69. The van der Waals surface area contributed by atoms with Gasteiger partial charge in [0.25, 0.3) is 22.9 Å². The first kappa shape index (κ1) is 44.6. The van der Waals surface area contributed by atoms with Gasteiger partial charge in [-0.05, 0) is 122 Å². The lowest BCUT2D eigenvalue weighted by molar-refractivity contribution is 0.00578. The monoisotopic (exact) mass is 956 g/mol. The Kier molecular flexibility index (Phi) is 11.5. The number of nitrogens with one attached hydrogen (secondary N) is 6. The van der Waals surface area contributed by atoms with Gasteiger partial charge in [0.05, 0.1) is 57.2 Å². The normalized spacial score (nSPS) is 16.2. The topological polar surface area (TPSA) is 202 Å². The van der Waals surface area contributed by atoms with Crippen LogP contribution in [0.2, 0.25) is 0 Å². The van der Waals surface area contributed by atoms with E-state index in [-0.39, 0.29) is 45.2 Å². The van der Waals surface area contributed by atoms with E-state index in [9.17, 15) is 19.2 Å². The number of carbonyl (C=O) groups is 2. The second-order valence-corrected chi connectivity index (χ2v) is 20.0. The van der Waals surface area contributed by atoms with Gasteiger partial charge in [-0.1, -0.05) is 18.2 Å². The van der Waals surface area contributed by atoms with Crippen molar-refractivity contribution >= 4 is 80.8 Å². The summed E-state index contributed by atoms with van der Waals surface area (Å²) in [6, 6.07) is 14.8. The van der Waals surface area contributed by atoms with E-state index in [2.05, 4.69) is 58.8 Å². The third kappa shape index (κ3) is 8.77. The number of aromatic nitrogens is 6. The van der Waals surface area contributed by atoms with Crippen LogP contribution in [0.25, 0.3) is 33.1 Å². The molecule has 16 nitrogen and oxygen atoms in total. The molecule has 0 saturated carbocycles. The summed E-state index contributed by atoms with van der Waals surface area (Å²) in [5, 5.41) is 13.3. The average Bonchev–Trinajstić information content (AvgIpc) is 3.98. The third-order valence-electron chi connectivity index (χ3n) is 11.1. The van der Waals surface area contributed by atoms with Gasteiger partial charge < -0.3 is 40.5 Å². The van der Waals surface area contributed by atoms with Crippen LogP contribution in [0.3, 0.4) is 0 Å². The van der Waals surface area contributed by atoms with Crippen LogP contribution in [0, 0.1) is 3.57 Å². The third-order valence-corrected chi connectivity index (χ3v) is 12.0. The fourth-order valence-corrected chi connectivity index (χ4v) is 7.76. The maximum atomic E-state index is 12.8. The number of carbonyl (C=O) groups excluding carboxylic acids is 2.